The summed E-state index contributed by atoms with van der Waals surface area (Å²) in [6.45, 7) is 0. The average Bonchev–Trinajstić information content (AvgIpc) is 3.54. The van der Waals surface area contributed by atoms with Gasteiger partial charge in [-0.15, -0.1) is 0 Å². The first-order chi connectivity index (χ1) is 37.1. The monoisotopic (exact) mass is 1000 g/mol. The SMILES string of the molecule is COc1ccc([N+](=O)[O-])cc1Cc1c2cccc1Cc1cccc3c1Oc1cc4c5cc1Oc1c(cccc1C3)Cc1cccc(c1Cc1cc([N+](=O)[O-])ccc1OC)Cc1cccc(c1O5)Cc1cccc(c1O4)C2. The highest BCUT2D eigenvalue weighted by molar-refractivity contribution is 5.66. The van der Waals surface area contributed by atoms with Crippen molar-refractivity contribution in [1.82, 2.24) is 0 Å². The van der Waals surface area contributed by atoms with E-state index in [0.717, 1.165) is 77.9 Å². The molecule has 9 aromatic carbocycles. The molecule has 0 spiro atoms. The first kappa shape index (κ1) is 46.4. The molecule has 0 N–H and O–H groups in total. The van der Waals surface area contributed by atoms with Gasteiger partial charge in [-0.3, -0.25) is 20.2 Å². The standard InChI is InChI=1S/C64H48N2O10/c1-71-55-23-21-51(65(67)68)31-49(55)33-53-37-9-3-10-38(53)26-42-14-6-18-46-30-48-20-8-16-44-28-40-12-4-11-39(54(40)34-50-32-52(66(69)70)22-24-56(50)72-2)27-43-15-7-19-47-29-45-17-5-13-41(25-37)61(45)73-57-35-58(74-62(42)46)60(76-64(44)48)36-59(57)75-63(43)47/h3-24,31-32,35-36H,25-30,33-34H2,1-2H3. The van der Waals surface area contributed by atoms with E-state index in [2.05, 4.69) is 109 Å². The minimum Gasteiger partial charge on any atom is -0.496 e. The van der Waals surface area contributed by atoms with Crippen LogP contribution in [0.25, 0.3) is 0 Å². The molecular weight excluding hydrogens is 957 g/mol. The molecule has 12 bridgehead atoms. The van der Waals surface area contributed by atoms with E-state index < -0.39 is 0 Å². The summed E-state index contributed by atoms with van der Waals surface area (Å²) in [6, 6.07) is 51.1. The van der Waals surface area contributed by atoms with Gasteiger partial charge >= 0.3 is 0 Å². The van der Waals surface area contributed by atoms with Crippen LogP contribution in [-0.4, -0.2) is 24.1 Å². The van der Waals surface area contributed by atoms with Gasteiger partial charge in [-0.1, -0.05) is 109 Å². The Bertz CT molecular complexity index is 3480. The van der Waals surface area contributed by atoms with Gasteiger partial charge in [0.1, 0.15) is 34.5 Å². The lowest BCUT2D eigenvalue weighted by Gasteiger charge is -2.23. The number of nitrogens with zero attached hydrogens (tertiary/aromatic N) is 2. The van der Waals surface area contributed by atoms with Crippen LogP contribution in [0.3, 0.4) is 0 Å². The van der Waals surface area contributed by atoms with Crippen LogP contribution in [0.1, 0.15) is 89.0 Å². The minimum atomic E-state index is -0.369. The first-order valence-corrected chi connectivity index (χ1v) is 25.3. The molecule has 0 aliphatic carbocycles. The summed E-state index contributed by atoms with van der Waals surface area (Å²) in [6.07, 6.45) is 3.60. The summed E-state index contributed by atoms with van der Waals surface area (Å²) >= 11 is 0. The molecule has 12 heteroatoms. The number of ether oxygens (including phenoxy) is 6. The fourth-order valence-corrected chi connectivity index (χ4v) is 11.6. The van der Waals surface area contributed by atoms with E-state index >= 15 is 0 Å². The quantitative estimate of drug-likeness (QED) is 0.107. The van der Waals surface area contributed by atoms with Crippen LogP contribution in [0.5, 0.6) is 57.5 Å². The maximum Gasteiger partial charge on any atom is 0.269 e. The molecule has 0 radical (unpaired) electrons. The predicted octanol–water partition coefficient (Wildman–Crippen LogP) is 14.7. The minimum absolute atomic E-state index is 0.00967. The van der Waals surface area contributed by atoms with Crippen molar-refractivity contribution < 1.29 is 38.3 Å². The number of para-hydroxylation sites is 4. The molecule has 0 saturated carbocycles. The van der Waals surface area contributed by atoms with E-state index in [1.54, 1.807) is 38.5 Å². The molecule has 0 atom stereocenters. The van der Waals surface area contributed by atoms with Gasteiger partial charge in [0.2, 0.25) is 0 Å². The van der Waals surface area contributed by atoms with Gasteiger partial charge in [0.05, 0.1) is 24.1 Å². The number of methoxy groups -OCH3 is 2. The van der Waals surface area contributed by atoms with Crippen molar-refractivity contribution in [3.63, 3.8) is 0 Å². The number of nitro benzene ring substituents is 2. The smallest absolute Gasteiger partial charge is 0.269 e. The van der Waals surface area contributed by atoms with Crippen LogP contribution < -0.4 is 28.4 Å². The highest BCUT2D eigenvalue weighted by Crippen LogP contribution is 2.52. The number of benzene rings is 9. The van der Waals surface area contributed by atoms with Crippen molar-refractivity contribution in [1.29, 1.82) is 0 Å². The second-order valence-electron chi connectivity index (χ2n) is 19.8. The lowest BCUT2D eigenvalue weighted by atomic mass is 9.86. The number of hydrogen-bond acceptors (Lipinski definition) is 10. The van der Waals surface area contributed by atoms with Crippen molar-refractivity contribution in [2.75, 3.05) is 14.2 Å². The maximum atomic E-state index is 12.2. The zero-order chi connectivity index (χ0) is 51.6. The Kier molecular flexibility index (Phi) is 11.5. The highest BCUT2D eigenvalue weighted by Gasteiger charge is 2.30. The Labute approximate surface area is 438 Å². The Hall–Kier alpha value is -9.42. The molecule has 0 fully saturated rings. The molecule has 0 aromatic heterocycles. The second-order valence-corrected chi connectivity index (χ2v) is 19.8. The summed E-state index contributed by atoms with van der Waals surface area (Å²) in [5, 5.41) is 24.4. The summed E-state index contributed by atoms with van der Waals surface area (Å²) in [7, 11) is 3.18. The van der Waals surface area contributed by atoms with Gasteiger partial charge in [-0.25, -0.2) is 0 Å². The van der Waals surface area contributed by atoms with E-state index in [0.29, 0.717) is 120 Å². The molecule has 0 amide bonds. The van der Waals surface area contributed by atoms with Crippen molar-refractivity contribution in [3.05, 3.63) is 267 Å². The van der Waals surface area contributed by atoms with E-state index in [1.165, 1.54) is 12.1 Å². The number of fused-ring (bicyclic) bond motifs is 4. The molecule has 0 unspecified atom stereocenters. The van der Waals surface area contributed by atoms with Gasteiger partial charge in [0.15, 0.2) is 23.0 Å². The summed E-state index contributed by atoms with van der Waals surface area (Å²) in [4.78, 5) is 23.6. The normalized spacial score (nSPS) is 13.3. The van der Waals surface area contributed by atoms with E-state index in [-0.39, 0.29) is 21.2 Å². The third-order valence-corrected chi connectivity index (χ3v) is 15.3. The Balaban J connectivity index is 1.08. The Morgan fingerprint density at radius 1 is 0.368 bits per heavy atom. The molecule has 76 heavy (non-hydrogen) atoms. The molecule has 4 aliphatic rings. The molecule has 9 aromatic rings. The Morgan fingerprint density at radius 3 is 0.868 bits per heavy atom. The van der Waals surface area contributed by atoms with Crippen LogP contribution >= 0.6 is 0 Å². The molecule has 13 rings (SSSR count). The fraction of sp³-hybridized carbons (Fsp3) is 0.156. The third kappa shape index (κ3) is 8.37. The average molecular weight is 1010 g/mol. The zero-order valence-corrected chi connectivity index (χ0v) is 41.6. The fourth-order valence-electron chi connectivity index (χ4n) is 11.6. The van der Waals surface area contributed by atoms with Crippen LogP contribution in [0.15, 0.2) is 158 Å². The van der Waals surface area contributed by atoms with Crippen LogP contribution in [0.2, 0.25) is 0 Å². The Morgan fingerprint density at radius 2 is 0.618 bits per heavy atom. The largest absolute Gasteiger partial charge is 0.496 e. The van der Waals surface area contributed by atoms with Gasteiger partial charge in [0.25, 0.3) is 11.4 Å². The molecule has 4 heterocycles. The molecule has 374 valence electrons. The second kappa shape index (κ2) is 18.8. The number of rotatable bonds is 8. The molecular formula is C64H48N2O10. The number of hydrogen-bond donors (Lipinski definition) is 0. The van der Waals surface area contributed by atoms with E-state index in [4.69, 9.17) is 28.4 Å². The van der Waals surface area contributed by atoms with E-state index in [9.17, 15) is 20.2 Å². The van der Waals surface area contributed by atoms with Gasteiger partial charge in [-0.2, -0.15) is 0 Å². The van der Waals surface area contributed by atoms with Crippen molar-refractivity contribution in [2.45, 2.75) is 51.4 Å². The lowest BCUT2D eigenvalue weighted by molar-refractivity contribution is -0.385. The number of nitro groups is 2. The first-order valence-electron chi connectivity index (χ1n) is 25.3. The van der Waals surface area contributed by atoms with Gasteiger partial charge in [-0.05, 0) is 90.0 Å². The number of non-ortho nitro benzene ring substituents is 2. The topological polar surface area (TPSA) is 142 Å². The zero-order valence-electron chi connectivity index (χ0n) is 41.6. The molecule has 0 saturated heterocycles. The predicted molar refractivity (Wildman–Crippen MR) is 287 cm³/mol. The van der Waals surface area contributed by atoms with Gasteiger partial charge < -0.3 is 28.4 Å². The summed E-state index contributed by atoms with van der Waals surface area (Å²) in [5.74, 6) is 5.61. The summed E-state index contributed by atoms with van der Waals surface area (Å²) < 4.78 is 41.0. The summed E-state index contributed by atoms with van der Waals surface area (Å²) in [5.41, 5.74) is 15.1. The van der Waals surface area contributed by atoms with Crippen LogP contribution in [0, 0.1) is 20.2 Å². The van der Waals surface area contributed by atoms with Crippen LogP contribution in [-0.2, 0) is 51.4 Å². The van der Waals surface area contributed by atoms with Crippen molar-refractivity contribution in [3.8, 4) is 57.5 Å². The molecule has 4 aliphatic heterocycles. The van der Waals surface area contributed by atoms with E-state index in [1.807, 2.05) is 12.1 Å². The highest BCUT2D eigenvalue weighted by atomic mass is 16.6. The van der Waals surface area contributed by atoms with Gasteiger partial charge in [0, 0.05) is 98.9 Å². The maximum absolute atomic E-state index is 12.2. The third-order valence-electron chi connectivity index (χ3n) is 15.3. The van der Waals surface area contributed by atoms with Crippen molar-refractivity contribution in [2.24, 2.45) is 0 Å². The van der Waals surface area contributed by atoms with Crippen molar-refractivity contribution >= 4 is 11.4 Å². The van der Waals surface area contributed by atoms with Crippen LogP contribution in [0.4, 0.5) is 11.4 Å². The molecule has 12 nitrogen and oxygen atoms in total. The lowest BCUT2D eigenvalue weighted by Crippen LogP contribution is -2.07.